The predicted molar refractivity (Wildman–Crippen MR) is 46.5 cm³/mol. The molecule has 2 heteroatoms. The summed E-state index contributed by atoms with van der Waals surface area (Å²) >= 11 is 4.93. The Hall–Kier alpha value is -0.760. The van der Waals surface area contributed by atoms with E-state index >= 15 is 0 Å². The SMILES string of the molecule is CCNc1ccc([S])cc1. The third-order valence-electron chi connectivity index (χ3n) is 1.24. The van der Waals surface area contributed by atoms with Crippen molar-refractivity contribution in [3.05, 3.63) is 24.3 Å². The molecule has 0 atom stereocenters. The zero-order valence-corrected chi connectivity index (χ0v) is 6.74. The van der Waals surface area contributed by atoms with Gasteiger partial charge in [-0.15, -0.1) is 0 Å². The molecule has 1 aromatic rings. The minimum Gasteiger partial charge on any atom is -0.385 e. The van der Waals surface area contributed by atoms with Gasteiger partial charge in [0.1, 0.15) is 0 Å². The standard InChI is InChI=1S/C8H10NS/c1-2-9-7-3-5-8(10)6-4-7/h3-6,9H,2H2,1H3. The largest absolute Gasteiger partial charge is 0.385 e. The summed E-state index contributed by atoms with van der Waals surface area (Å²) in [5, 5.41) is 3.19. The van der Waals surface area contributed by atoms with Crippen molar-refractivity contribution in [2.45, 2.75) is 11.8 Å². The number of hydrogen-bond donors (Lipinski definition) is 1. The Labute approximate surface area is 66.9 Å². The van der Waals surface area contributed by atoms with Crippen LogP contribution in [-0.2, 0) is 0 Å². The molecule has 0 saturated heterocycles. The Bertz CT molecular complexity index is 193. The van der Waals surface area contributed by atoms with Crippen LogP contribution in [0.4, 0.5) is 5.69 Å². The molecule has 0 amide bonds. The third-order valence-corrected chi connectivity index (χ3v) is 1.51. The normalized spacial score (nSPS) is 9.30. The average Bonchev–Trinajstić information content (AvgIpc) is 1.95. The van der Waals surface area contributed by atoms with Crippen LogP contribution in [0.3, 0.4) is 0 Å². The van der Waals surface area contributed by atoms with Crippen molar-refractivity contribution in [1.82, 2.24) is 0 Å². The minimum absolute atomic E-state index is 0.890. The van der Waals surface area contributed by atoms with Crippen LogP contribution in [0.1, 0.15) is 6.92 Å². The maximum atomic E-state index is 4.93. The van der Waals surface area contributed by atoms with E-state index in [0.717, 1.165) is 17.1 Å². The fourth-order valence-corrected chi connectivity index (χ4v) is 0.913. The lowest BCUT2D eigenvalue weighted by Gasteiger charge is -2.00. The van der Waals surface area contributed by atoms with Gasteiger partial charge in [-0.2, -0.15) is 0 Å². The second kappa shape index (κ2) is 3.42. The van der Waals surface area contributed by atoms with Gasteiger partial charge in [0.15, 0.2) is 0 Å². The topological polar surface area (TPSA) is 12.0 Å². The van der Waals surface area contributed by atoms with Gasteiger partial charge in [0.2, 0.25) is 0 Å². The Morgan fingerprint density at radius 3 is 2.40 bits per heavy atom. The lowest BCUT2D eigenvalue weighted by molar-refractivity contribution is 1.21. The first-order valence-corrected chi connectivity index (χ1v) is 3.74. The van der Waals surface area contributed by atoms with E-state index in [1.807, 2.05) is 24.3 Å². The average molecular weight is 152 g/mol. The summed E-state index contributed by atoms with van der Waals surface area (Å²) in [6, 6.07) is 7.83. The first-order valence-electron chi connectivity index (χ1n) is 3.34. The van der Waals surface area contributed by atoms with E-state index in [4.69, 9.17) is 12.6 Å². The molecule has 0 aliphatic heterocycles. The van der Waals surface area contributed by atoms with Crippen molar-refractivity contribution in [3.63, 3.8) is 0 Å². The molecule has 0 aliphatic rings. The van der Waals surface area contributed by atoms with Crippen molar-refractivity contribution in [2.75, 3.05) is 11.9 Å². The highest BCUT2D eigenvalue weighted by Crippen LogP contribution is 2.11. The van der Waals surface area contributed by atoms with Crippen LogP contribution in [-0.4, -0.2) is 6.54 Å². The monoisotopic (exact) mass is 152 g/mol. The van der Waals surface area contributed by atoms with Crippen LogP contribution in [0.2, 0.25) is 0 Å². The first kappa shape index (κ1) is 7.35. The second-order valence-electron chi connectivity index (χ2n) is 2.05. The summed E-state index contributed by atoms with van der Waals surface area (Å²) in [5.74, 6) is 0. The quantitative estimate of drug-likeness (QED) is 0.687. The van der Waals surface area contributed by atoms with Gasteiger partial charge in [0.05, 0.1) is 0 Å². The second-order valence-corrected chi connectivity index (χ2v) is 2.53. The van der Waals surface area contributed by atoms with Crippen molar-refractivity contribution in [3.8, 4) is 0 Å². The number of anilines is 1. The lowest BCUT2D eigenvalue weighted by Crippen LogP contribution is -1.94. The smallest absolute Gasteiger partial charge is 0.0378 e. The molecule has 0 heterocycles. The number of hydrogen-bond acceptors (Lipinski definition) is 1. The van der Waals surface area contributed by atoms with Gasteiger partial charge in [0.25, 0.3) is 0 Å². The van der Waals surface area contributed by atoms with Crippen molar-refractivity contribution in [2.24, 2.45) is 0 Å². The fraction of sp³-hybridized carbons (Fsp3) is 0.250. The van der Waals surface area contributed by atoms with Gasteiger partial charge < -0.3 is 5.32 Å². The molecule has 0 spiro atoms. The molecule has 1 radical (unpaired) electrons. The summed E-state index contributed by atoms with van der Waals surface area (Å²) < 4.78 is 0. The molecule has 0 fully saturated rings. The van der Waals surface area contributed by atoms with Gasteiger partial charge in [-0.1, -0.05) is 12.6 Å². The third kappa shape index (κ3) is 1.88. The van der Waals surface area contributed by atoms with E-state index < -0.39 is 0 Å². The molecule has 1 nitrogen and oxygen atoms in total. The van der Waals surface area contributed by atoms with Gasteiger partial charge >= 0.3 is 0 Å². The molecule has 10 heavy (non-hydrogen) atoms. The Morgan fingerprint density at radius 2 is 1.90 bits per heavy atom. The molecule has 0 bridgehead atoms. The number of nitrogens with one attached hydrogen (secondary N) is 1. The van der Waals surface area contributed by atoms with Gasteiger partial charge in [-0.25, -0.2) is 0 Å². The number of benzene rings is 1. The summed E-state index contributed by atoms with van der Waals surface area (Å²) in [6.45, 7) is 3.03. The maximum Gasteiger partial charge on any atom is 0.0378 e. The fourth-order valence-electron chi connectivity index (χ4n) is 0.777. The molecule has 53 valence electrons. The van der Waals surface area contributed by atoms with Gasteiger partial charge in [-0.3, -0.25) is 0 Å². The first-order chi connectivity index (χ1) is 4.83. The zero-order valence-electron chi connectivity index (χ0n) is 5.92. The van der Waals surface area contributed by atoms with Crippen molar-refractivity contribution < 1.29 is 0 Å². The van der Waals surface area contributed by atoms with Gasteiger partial charge in [-0.05, 0) is 31.2 Å². The summed E-state index contributed by atoms with van der Waals surface area (Å²) in [5.41, 5.74) is 1.14. The van der Waals surface area contributed by atoms with E-state index in [0.29, 0.717) is 0 Å². The summed E-state index contributed by atoms with van der Waals surface area (Å²) in [6.07, 6.45) is 0. The highest BCUT2D eigenvalue weighted by Gasteiger charge is 1.87. The summed E-state index contributed by atoms with van der Waals surface area (Å²) in [7, 11) is 0. The van der Waals surface area contributed by atoms with E-state index in [1.165, 1.54) is 0 Å². The predicted octanol–water partition coefficient (Wildman–Crippen LogP) is 2.67. The molecule has 0 saturated carbocycles. The Balaban J connectivity index is 2.69. The van der Waals surface area contributed by atoms with E-state index in [2.05, 4.69) is 12.2 Å². The van der Waals surface area contributed by atoms with E-state index in [9.17, 15) is 0 Å². The molecular weight excluding hydrogens is 142 g/mol. The zero-order chi connectivity index (χ0) is 7.40. The highest BCUT2D eigenvalue weighted by molar-refractivity contribution is 7.80. The lowest BCUT2D eigenvalue weighted by atomic mass is 10.3. The number of rotatable bonds is 2. The molecular formula is C8H10NS. The van der Waals surface area contributed by atoms with Crippen molar-refractivity contribution >= 4 is 18.3 Å². The molecule has 1 rings (SSSR count). The highest BCUT2D eigenvalue weighted by atomic mass is 32.1. The molecule has 0 aliphatic carbocycles. The van der Waals surface area contributed by atoms with Crippen LogP contribution in [0.5, 0.6) is 0 Å². The molecule has 0 unspecified atom stereocenters. The molecule has 1 N–H and O–H groups in total. The molecule has 1 aromatic carbocycles. The summed E-state index contributed by atoms with van der Waals surface area (Å²) in [4.78, 5) is 0.890. The molecule has 0 aromatic heterocycles. The van der Waals surface area contributed by atoms with Crippen LogP contribution >= 0.6 is 12.6 Å². The Kier molecular flexibility index (Phi) is 2.51. The Morgan fingerprint density at radius 1 is 1.30 bits per heavy atom. The van der Waals surface area contributed by atoms with Gasteiger partial charge in [0, 0.05) is 17.1 Å². The van der Waals surface area contributed by atoms with E-state index in [1.54, 1.807) is 0 Å². The van der Waals surface area contributed by atoms with Crippen molar-refractivity contribution in [1.29, 1.82) is 0 Å². The van der Waals surface area contributed by atoms with Crippen LogP contribution in [0.15, 0.2) is 29.2 Å². The van der Waals surface area contributed by atoms with Crippen LogP contribution < -0.4 is 5.32 Å². The van der Waals surface area contributed by atoms with Crippen LogP contribution in [0.25, 0.3) is 0 Å². The maximum absolute atomic E-state index is 4.93. The van der Waals surface area contributed by atoms with Crippen LogP contribution in [0, 0.1) is 0 Å². The minimum atomic E-state index is 0.890. The van der Waals surface area contributed by atoms with E-state index in [-0.39, 0.29) is 0 Å².